The van der Waals surface area contributed by atoms with E-state index in [2.05, 4.69) is 5.32 Å². The third-order valence-corrected chi connectivity index (χ3v) is 3.70. The number of rotatable bonds is 5. The zero-order valence-electron chi connectivity index (χ0n) is 13.2. The van der Waals surface area contributed by atoms with Gasteiger partial charge in [-0.05, 0) is 43.7 Å². The molecule has 0 aliphatic heterocycles. The predicted molar refractivity (Wildman–Crippen MR) is 86.1 cm³/mol. The Morgan fingerprint density at radius 3 is 2.42 bits per heavy atom. The van der Waals surface area contributed by atoms with Gasteiger partial charge in [-0.1, -0.05) is 12.1 Å². The maximum absolute atomic E-state index is 12.9. The third-order valence-electron chi connectivity index (χ3n) is 3.70. The monoisotopic (exact) mass is 332 g/mol. The van der Waals surface area contributed by atoms with Gasteiger partial charge in [0.25, 0.3) is 11.6 Å². The zero-order chi connectivity index (χ0) is 17.9. The fourth-order valence-electron chi connectivity index (χ4n) is 2.32. The number of nitrogens with one attached hydrogen (secondary N) is 1. The first-order chi connectivity index (χ1) is 11.3. The quantitative estimate of drug-likeness (QED) is 0.650. The number of hydrogen-bond donors (Lipinski definition) is 2. The lowest BCUT2D eigenvalue weighted by Gasteiger charge is -2.20. The highest BCUT2D eigenvalue weighted by molar-refractivity contribution is 5.94. The molecule has 2 aromatic rings. The molecular formula is C17H17FN2O4. The van der Waals surface area contributed by atoms with E-state index in [-0.39, 0.29) is 11.3 Å². The summed E-state index contributed by atoms with van der Waals surface area (Å²) in [5.74, 6) is -0.870. The Hall–Kier alpha value is -2.80. The first-order valence-electron chi connectivity index (χ1n) is 7.29. The number of hydrogen-bond acceptors (Lipinski definition) is 4. The molecule has 0 spiro atoms. The number of carbonyl (C=O) groups is 1. The van der Waals surface area contributed by atoms with Crippen molar-refractivity contribution in [2.75, 3.05) is 0 Å². The molecule has 0 saturated heterocycles. The molecule has 2 aromatic carbocycles. The maximum Gasteiger partial charge on any atom is 0.272 e. The number of aliphatic hydroxyl groups is 1. The van der Waals surface area contributed by atoms with Gasteiger partial charge in [0.05, 0.1) is 17.1 Å². The van der Waals surface area contributed by atoms with Gasteiger partial charge in [0.1, 0.15) is 5.82 Å². The van der Waals surface area contributed by atoms with Gasteiger partial charge in [-0.25, -0.2) is 4.39 Å². The summed E-state index contributed by atoms with van der Waals surface area (Å²) in [5, 5.41) is 23.6. The van der Waals surface area contributed by atoms with Gasteiger partial charge in [-0.2, -0.15) is 0 Å². The highest BCUT2D eigenvalue weighted by Crippen LogP contribution is 2.20. The number of amides is 1. The average Bonchev–Trinajstić information content (AvgIpc) is 2.54. The van der Waals surface area contributed by atoms with E-state index in [0.29, 0.717) is 11.1 Å². The van der Waals surface area contributed by atoms with E-state index in [1.165, 1.54) is 42.5 Å². The second-order valence-corrected chi connectivity index (χ2v) is 5.52. The number of halogens is 1. The molecule has 1 amide bonds. The molecule has 0 radical (unpaired) electrons. The summed E-state index contributed by atoms with van der Waals surface area (Å²) in [6.45, 7) is 3.16. The molecule has 0 saturated carbocycles. The second-order valence-electron chi connectivity index (χ2n) is 5.52. The van der Waals surface area contributed by atoms with E-state index >= 15 is 0 Å². The lowest BCUT2D eigenvalue weighted by molar-refractivity contribution is -0.385. The van der Waals surface area contributed by atoms with Crippen molar-refractivity contribution in [3.8, 4) is 0 Å². The number of carbonyl (C=O) groups excluding carboxylic acids is 1. The van der Waals surface area contributed by atoms with Crippen molar-refractivity contribution in [1.29, 1.82) is 0 Å². The fourth-order valence-corrected chi connectivity index (χ4v) is 2.32. The average molecular weight is 332 g/mol. The Labute approximate surface area is 138 Å². The molecule has 0 bridgehead atoms. The largest absolute Gasteiger partial charge is 0.386 e. The van der Waals surface area contributed by atoms with Crippen LogP contribution in [0.15, 0.2) is 42.5 Å². The standard InChI is InChI=1S/C17H17FN2O4/c1-10-9-13(5-8-15(10)20(23)24)17(22)19-11(2)16(21)12-3-6-14(18)7-4-12/h3-9,11,16,21H,1-2H3,(H,19,22)/t11-,16+/m0/s1. The van der Waals surface area contributed by atoms with Crippen LogP contribution in [0.3, 0.4) is 0 Å². The molecule has 2 N–H and O–H groups in total. The van der Waals surface area contributed by atoms with Gasteiger partial charge in [0.15, 0.2) is 0 Å². The molecule has 0 fully saturated rings. The van der Waals surface area contributed by atoms with Crippen LogP contribution in [0.4, 0.5) is 10.1 Å². The van der Waals surface area contributed by atoms with Crippen LogP contribution in [-0.4, -0.2) is 22.0 Å². The summed E-state index contributed by atoms with van der Waals surface area (Å²) in [6.07, 6.45) is -1.01. The number of aliphatic hydroxyl groups excluding tert-OH is 1. The highest BCUT2D eigenvalue weighted by Gasteiger charge is 2.20. The van der Waals surface area contributed by atoms with Crippen molar-refractivity contribution in [3.63, 3.8) is 0 Å². The van der Waals surface area contributed by atoms with Crippen LogP contribution in [0.2, 0.25) is 0 Å². The van der Waals surface area contributed by atoms with Crippen LogP contribution < -0.4 is 5.32 Å². The number of nitro groups is 1. The number of benzene rings is 2. The van der Waals surface area contributed by atoms with E-state index in [4.69, 9.17) is 0 Å². The summed E-state index contributed by atoms with van der Waals surface area (Å²) in [4.78, 5) is 22.5. The minimum Gasteiger partial charge on any atom is -0.386 e. The van der Waals surface area contributed by atoms with Crippen molar-refractivity contribution in [1.82, 2.24) is 5.32 Å². The van der Waals surface area contributed by atoms with Crippen LogP contribution in [-0.2, 0) is 0 Å². The van der Waals surface area contributed by atoms with E-state index in [0.717, 1.165) is 0 Å². The predicted octanol–water partition coefficient (Wildman–Crippen LogP) is 2.89. The smallest absolute Gasteiger partial charge is 0.272 e. The number of nitro benzene ring substituents is 1. The van der Waals surface area contributed by atoms with Crippen LogP contribution in [0, 0.1) is 22.9 Å². The Bertz CT molecular complexity index is 762. The molecule has 2 rings (SSSR count). The summed E-state index contributed by atoms with van der Waals surface area (Å²) >= 11 is 0. The minimum absolute atomic E-state index is 0.0639. The van der Waals surface area contributed by atoms with Gasteiger partial charge in [-0.3, -0.25) is 14.9 Å². The van der Waals surface area contributed by atoms with Gasteiger partial charge >= 0.3 is 0 Å². The molecule has 7 heteroatoms. The van der Waals surface area contributed by atoms with Crippen LogP contribution in [0.5, 0.6) is 0 Å². The molecule has 0 heterocycles. The van der Waals surface area contributed by atoms with Gasteiger partial charge in [0.2, 0.25) is 0 Å². The maximum atomic E-state index is 12.9. The summed E-state index contributed by atoms with van der Waals surface area (Å²) in [6, 6.07) is 8.77. The lowest BCUT2D eigenvalue weighted by Crippen LogP contribution is -2.37. The molecule has 0 aliphatic carbocycles. The first-order valence-corrected chi connectivity index (χ1v) is 7.29. The molecule has 2 atom stereocenters. The summed E-state index contributed by atoms with van der Waals surface area (Å²) in [7, 11) is 0. The normalized spacial score (nSPS) is 13.2. The van der Waals surface area contributed by atoms with E-state index in [1.807, 2.05) is 0 Å². The Morgan fingerprint density at radius 2 is 1.88 bits per heavy atom. The fraction of sp³-hybridized carbons (Fsp3) is 0.235. The summed E-state index contributed by atoms with van der Waals surface area (Å²) in [5.41, 5.74) is 1.05. The van der Waals surface area contributed by atoms with Crippen molar-refractivity contribution in [3.05, 3.63) is 75.1 Å². The molecule has 0 aromatic heterocycles. The Morgan fingerprint density at radius 1 is 1.25 bits per heavy atom. The van der Waals surface area contributed by atoms with Gasteiger partial charge in [-0.15, -0.1) is 0 Å². The topological polar surface area (TPSA) is 92.5 Å². The second kappa shape index (κ2) is 7.18. The Balaban J connectivity index is 2.09. The van der Waals surface area contributed by atoms with Crippen molar-refractivity contribution < 1.29 is 19.2 Å². The van der Waals surface area contributed by atoms with Crippen molar-refractivity contribution in [2.24, 2.45) is 0 Å². The van der Waals surface area contributed by atoms with E-state index < -0.39 is 28.8 Å². The molecule has 126 valence electrons. The van der Waals surface area contributed by atoms with E-state index in [1.54, 1.807) is 13.8 Å². The molecular weight excluding hydrogens is 315 g/mol. The number of nitrogens with zero attached hydrogens (tertiary/aromatic N) is 1. The van der Waals surface area contributed by atoms with Gasteiger partial charge < -0.3 is 10.4 Å². The third kappa shape index (κ3) is 3.94. The lowest BCUT2D eigenvalue weighted by atomic mass is 10.0. The summed E-state index contributed by atoms with van der Waals surface area (Å²) < 4.78 is 12.9. The molecule has 6 nitrogen and oxygen atoms in total. The number of aryl methyl sites for hydroxylation is 1. The minimum atomic E-state index is -1.01. The molecule has 0 unspecified atom stereocenters. The van der Waals surface area contributed by atoms with Crippen LogP contribution >= 0.6 is 0 Å². The highest BCUT2D eigenvalue weighted by atomic mass is 19.1. The van der Waals surface area contributed by atoms with Crippen molar-refractivity contribution in [2.45, 2.75) is 26.0 Å². The van der Waals surface area contributed by atoms with Crippen LogP contribution in [0.25, 0.3) is 0 Å². The zero-order valence-corrected chi connectivity index (χ0v) is 13.2. The SMILES string of the molecule is Cc1cc(C(=O)N[C@@H](C)[C@@H](O)c2ccc(F)cc2)ccc1[N+](=O)[O-]. The Kier molecular flexibility index (Phi) is 5.25. The van der Waals surface area contributed by atoms with Crippen molar-refractivity contribution >= 4 is 11.6 Å². The molecule has 0 aliphatic rings. The van der Waals surface area contributed by atoms with Gasteiger partial charge in [0, 0.05) is 17.2 Å². The molecule has 24 heavy (non-hydrogen) atoms. The van der Waals surface area contributed by atoms with E-state index in [9.17, 15) is 24.4 Å². The first kappa shape index (κ1) is 17.6. The van der Waals surface area contributed by atoms with Crippen LogP contribution in [0.1, 0.15) is 34.5 Å².